The molecule has 0 fully saturated rings. The molecule has 27 heavy (non-hydrogen) atoms. The number of aromatic nitrogens is 3. The van der Waals surface area contributed by atoms with E-state index >= 15 is 0 Å². The van der Waals surface area contributed by atoms with Crippen LogP contribution in [0.4, 0.5) is 5.69 Å². The van der Waals surface area contributed by atoms with Gasteiger partial charge in [0, 0.05) is 5.56 Å². The molecule has 2 aromatic heterocycles. The van der Waals surface area contributed by atoms with E-state index < -0.39 is 0 Å². The molecule has 7 nitrogen and oxygen atoms in total. The quantitative estimate of drug-likeness (QED) is 0.421. The van der Waals surface area contributed by atoms with E-state index in [4.69, 9.17) is 4.74 Å². The van der Waals surface area contributed by atoms with Gasteiger partial charge >= 0.3 is 0 Å². The first-order chi connectivity index (χ1) is 13.2. The van der Waals surface area contributed by atoms with Crippen LogP contribution in [0.3, 0.4) is 0 Å². The van der Waals surface area contributed by atoms with Gasteiger partial charge in [0.25, 0.3) is 5.91 Å². The number of carbonyl (C=O) groups is 2. The molecule has 3 heterocycles. The Labute approximate surface area is 161 Å². The summed E-state index contributed by atoms with van der Waals surface area (Å²) in [5, 5.41) is 11.8. The fourth-order valence-electron chi connectivity index (χ4n) is 2.92. The number of anilines is 1. The van der Waals surface area contributed by atoms with Gasteiger partial charge in [-0.2, -0.15) is 0 Å². The highest BCUT2D eigenvalue weighted by Gasteiger charge is 2.19. The van der Waals surface area contributed by atoms with E-state index in [1.807, 2.05) is 28.7 Å². The number of amides is 1. The summed E-state index contributed by atoms with van der Waals surface area (Å²) in [5.74, 6) is 0.511. The molecule has 1 aliphatic heterocycles. The molecule has 0 saturated carbocycles. The lowest BCUT2D eigenvalue weighted by molar-refractivity contribution is -0.118. The molecular formula is C18H12N4O3S2. The number of para-hydroxylation sites is 1. The highest BCUT2D eigenvalue weighted by Crippen LogP contribution is 2.31. The van der Waals surface area contributed by atoms with Crippen LogP contribution in [0.2, 0.25) is 0 Å². The maximum Gasteiger partial charge on any atom is 0.262 e. The smallest absolute Gasteiger partial charge is 0.262 e. The van der Waals surface area contributed by atoms with Crippen LogP contribution in [0.5, 0.6) is 5.75 Å². The second-order valence-corrected chi connectivity index (χ2v) is 7.88. The molecule has 0 bridgehead atoms. The van der Waals surface area contributed by atoms with Crippen molar-refractivity contribution in [1.29, 1.82) is 0 Å². The Hall–Kier alpha value is -2.91. The Kier molecular flexibility index (Phi) is 3.83. The van der Waals surface area contributed by atoms with Crippen molar-refractivity contribution in [2.75, 3.05) is 17.7 Å². The van der Waals surface area contributed by atoms with Crippen LogP contribution in [-0.4, -0.2) is 38.6 Å². The van der Waals surface area contributed by atoms with Crippen LogP contribution in [0.15, 0.2) is 47.6 Å². The van der Waals surface area contributed by atoms with E-state index in [0.29, 0.717) is 22.2 Å². The van der Waals surface area contributed by atoms with Crippen LogP contribution >= 0.6 is 23.1 Å². The number of nitrogens with zero attached hydrogens (tertiary/aromatic N) is 3. The number of nitrogens with one attached hydrogen (secondary N) is 1. The van der Waals surface area contributed by atoms with E-state index in [0.717, 1.165) is 15.2 Å². The normalized spacial score (nSPS) is 13.4. The zero-order valence-electron chi connectivity index (χ0n) is 13.8. The zero-order chi connectivity index (χ0) is 18.4. The maximum atomic E-state index is 12.6. The zero-order valence-corrected chi connectivity index (χ0v) is 15.5. The Morgan fingerprint density at radius 2 is 2.15 bits per heavy atom. The van der Waals surface area contributed by atoms with Gasteiger partial charge in [-0.3, -0.25) is 14.0 Å². The predicted molar refractivity (Wildman–Crippen MR) is 104 cm³/mol. The monoisotopic (exact) mass is 396 g/mol. The number of hydrogen-bond donors (Lipinski definition) is 1. The second kappa shape index (κ2) is 6.36. The molecule has 1 aliphatic rings. The lowest BCUT2D eigenvalue weighted by Crippen LogP contribution is -2.25. The average Bonchev–Trinajstić information content (AvgIpc) is 3.24. The molecule has 5 rings (SSSR count). The number of thioether (sulfide) groups is 1. The van der Waals surface area contributed by atoms with E-state index in [1.165, 1.54) is 11.8 Å². The van der Waals surface area contributed by atoms with E-state index in [9.17, 15) is 9.59 Å². The van der Waals surface area contributed by atoms with Crippen LogP contribution in [0, 0.1) is 0 Å². The van der Waals surface area contributed by atoms with Gasteiger partial charge in [0.2, 0.25) is 4.96 Å². The highest BCUT2D eigenvalue weighted by atomic mass is 32.2. The van der Waals surface area contributed by atoms with Gasteiger partial charge in [0.1, 0.15) is 5.75 Å². The molecule has 1 N–H and O–H groups in total. The Bertz CT molecular complexity index is 1210. The molecule has 0 saturated heterocycles. The minimum Gasteiger partial charge on any atom is -0.482 e. The lowest BCUT2D eigenvalue weighted by atomic mass is 10.1. The molecule has 0 atom stereocenters. The largest absolute Gasteiger partial charge is 0.482 e. The summed E-state index contributed by atoms with van der Waals surface area (Å²) in [7, 11) is 0. The first-order valence-electron chi connectivity index (χ1n) is 8.14. The van der Waals surface area contributed by atoms with Crippen LogP contribution in [0.1, 0.15) is 10.4 Å². The number of rotatable bonds is 4. The maximum absolute atomic E-state index is 12.6. The van der Waals surface area contributed by atoms with Crippen LogP contribution in [-0.2, 0) is 4.79 Å². The van der Waals surface area contributed by atoms with Crippen LogP contribution < -0.4 is 10.1 Å². The first-order valence-corrected chi connectivity index (χ1v) is 9.94. The van der Waals surface area contributed by atoms with Gasteiger partial charge in [-0.05, 0) is 30.3 Å². The first kappa shape index (κ1) is 16.3. The molecule has 0 spiro atoms. The van der Waals surface area contributed by atoms with E-state index in [-0.39, 0.29) is 24.1 Å². The number of fused-ring (bicyclic) bond motifs is 4. The fraction of sp³-hybridized carbons (Fsp3) is 0.111. The molecule has 4 aromatic rings. The van der Waals surface area contributed by atoms with Gasteiger partial charge < -0.3 is 10.1 Å². The molecule has 0 aliphatic carbocycles. The molecule has 9 heteroatoms. The molecule has 2 aromatic carbocycles. The minimum absolute atomic E-state index is 0.00633. The summed E-state index contributed by atoms with van der Waals surface area (Å²) in [6, 6.07) is 13.1. The second-order valence-electron chi connectivity index (χ2n) is 5.93. The molecule has 1 amide bonds. The molecular weight excluding hydrogens is 384 g/mol. The third-order valence-electron chi connectivity index (χ3n) is 4.18. The van der Waals surface area contributed by atoms with Crippen molar-refractivity contribution >= 4 is 55.7 Å². The van der Waals surface area contributed by atoms with E-state index in [1.54, 1.807) is 29.5 Å². The molecule has 0 unspecified atom stereocenters. The van der Waals surface area contributed by atoms with Gasteiger partial charge in [0.05, 0.1) is 21.7 Å². The van der Waals surface area contributed by atoms with Crippen molar-refractivity contribution in [3.8, 4) is 5.75 Å². The number of thiazole rings is 1. The SMILES string of the molecule is O=C1COc2ccc(C(=O)CSc3nnc4sc5ccccc5n34)cc2N1. The van der Waals surface area contributed by atoms with Crippen molar-refractivity contribution in [2.45, 2.75) is 5.16 Å². The van der Waals surface area contributed by atoms with Gasteiger partial charge in [-0.15, -0.1) is 10.2 Å². The number of ether oxygens (including phenoxy) is 1. The molecule has 134 valence electrons. The van der Waals surface area contributed by atoms with Gasteiger partial charge in [-0.25, -0.2) is 0 Å². The van der Waals surface area contributed by atoms with Crippen molar-refractivity contribution < 1.29 is 14.3 Å². The summed E-state index contributed by atoms with van der Waals surface area (Å²) in [6.07, 6.45) is 0. The predicted octanol–water partition coefficient (Wildman–Crippen LogP) is 3.25. The van der Waals surface area contributed by atoms with Crippen molar-refractivity contribution in [3.05, 3.63) is 48.0 Å². The van der Waals surface area contributed by atoms with Crippen molar-refractivity contribution in [1.82, 2.24) is 14.6 Å². The fourth-order valence-corrected chi connectivity index (χ4v) is 4.78. The van der Waals surface area contributed by atoms with Crippen molar-refractivity contribution in [3.63, 3.8) is 0 Å². The highest BCUT2D eigenvalue weighted by molar-refractivity contribution is 7.99. The Balaban J connectivity index is 1.39. The average molecular weight is 396 g/mol. The van der Waals surface area contributed by atoms with E-state index in [2.05, 4.69) is 15.5 Å². The topological polar surface area (TPSA) is 85.6 Å². The summed E-state index contributed by atoms with van der Waals surface area (Å²) >= 11 is 2.91. The summed E-state index contributed by atoms with van der Waals surface area (Å²) in [4.78, 5) is 24.9. The van der Waals surface area contributed by atoms with Gasteiger partial charge in [0.15, 0.2) is 17.5 Å². The summed E-state index contributed by atoms with van der Waals surface area (Å²) < 4.78 is 8.42. The lowest BCUT2D eigenvalue weighted by Gasteiger charge is -2.18. The third-order valence-corrected chi connectivity index (χ3v) is 6.12. The minimum atomic E-state index is -0.225. The third kappa shape index (κ3) is 2.84. The Morgan fingerprint density at radius 1 is 1.26 bits per heavy atom. The number of Topliss-reactive ketones (excluding diaryl/α,β-unsaturated/α-hetero) is 1. The van der Waals surface area contributed by atoms with Gasteiger partial charge in [-0.1, -0.05) is 35.2 Å². The molecule has 0 radical (unpaired) electrons. The summed E-state index contributed by atoms with van der Waals surface area (Å²) in [6.45, 7) is -0.00633. The number of carbonyl (C=O) groups excluding carboxylic acids is 2. The number of benzene rings is 2. The number of hydrogen-bond acceptors (Lipinski definition) is 7. The van der Waals surface area contributed by atoms with Crippen molar-refractivity contribution in [2.24, 2.45) is 0 Å². The standard InChI is InChI=1S/C18H12N4O3S2/c23-13(10-5-6-14-11(7-10)19-16(24)8-25-14)9-26-17-20-21-18-22(17)12-3-1-2-4-15(12)27-18/h1-7H,8-9H2,(H,19,24). The summed E-state index contributed by atoms with van der Waals surface area (Å²) in [5.41, 5.74) is 2.07. The number of ketones is 1. The Morgan fingerprint density at radius 3 is 3.07 bits per heavy atom. The van der Waals surface area contributed by atoms with Crippen LogP contribution in [0.25, 0.3) is 15.2 Å².